The average Bonchev–Trinajstić information content (AvgIpc) is 3.29. The van der Waals surface area contributed by atoms with E-state index in [1.54, 1.807) is 28.4 Å². The molecule has 4 rings (SSSR count). The number of anilines is 1. The van der Waals surface area contributed by atoms with Crippen LogP contribution in [0.1, 0.15) is 24.1 Å². The SMILES string of the molecule is COC(=O)C1=C(C)N=c2s/c(=C/c3cnn(C)c3)c(=O)n2[C@@H]1c1ccc(N(C)C)cc1. The average molecular weight is 438 g/mol. The smallest absolute Gasteiger partial charge is 0.338 e. The number of methoxy groups -OCH3 is 1. The Morgan fingerprint density at radius 2 is 1.97 bits per heavy atom. The molecule has 3 heterocycles. The van der Waals surface area contributed by atoms with Crippen molar-refractivity contribution in [3.8, 4) is 0 Å². The largest absolute Gasteiger partial charge is 0.466 e. The summed E-state index contributed by atoms with van der Waals surface area (Å²) in [5, 5.41) is 4.15. The first-order valence-corrected chi connectivity index (χ1v) is 10.5. The lowest BCUT2D eigenvalue weighted by Crippen LogP contribution is -2.39. The number of esters is 1. The van der Waals surface area contributed by atoms with E-state index >= 15 is 0 Å². The molecule has 1 aliphatic rings. The van der Waals surface area contributed by atoms with Crippen LogP contribution in [-0.4, -0.2) is 41.5 Å². The summed E-state index contributed by atoms with van der Waals surface area (Å²) in [6, 6.07) is 7.17. The Morgan fingerprint density at radius 3 is 2.55 bits per heavy atom. The van der Waals surface area contributed by atoms with Crippen LogP contribution in [0.25, 0.3) is 6.08 Å². The van der Waals surface area contributed by atoms with Crippen molar-refractivity contribution >= 4 is 29.1 Å². The van der Waals surface area contributed by atoms with E-state index < -0.39 is 12.0 Å². The van der Waals surface area contributed by atoms with Gasteiger partial charge in [0.25, 0.3) is 5.56 Å². The normalized spacial score (nSPS) is 16.2. The van der Waals surface area contributed by atoms with Crippen LogP contribution < -0.4 is 19.8 Å². The summed E-state index contributed by atoms with van der Waals surface area (Å²) in [5.41, 5.74) is 3.36. The molecule has 0 radical (unpaired) electrons. The van der Waals surface area contributed by atoms with Gasteiger partial charge < -0.3 is 9.64 Å². The number of thiazole rings is 1. The van der Waals surface area contributed by atoms with E-state index in [0.29, 0.717) is 20.6 Å². The lowest BCUT2D eigenvalue weighted by molar-refractivity contribution is -0.136. The second-order valence-electron chi connectivity index (χ2n) is 7.51. The number of rotatable bonds is 4. The first-order chi connectivity index (χ1) is 14.8. The van der Waals surface area contributed by atoms with E-state index in [0.717, 1.165) is 16.8 Å². The number of carbonyl (C=O) groups excluding carboxylic acids is 1. The Balaban J connectivity index is 1.95. The molecule has 9 heteroatoms. The van der Waals surface area contributed by atoms with Gasteiger partial charge in [0.05, 0.1) is 35.2 Å². The summed E-state index contributed by atoms with van der Waals surface area (Å²) in [5.74, 6) is -0.496. The monoisotopic (exact) mass is 437 g/mol. The minimum Gasteiger partial charge on any atom is -0.466 e. The van der Waals surface area contributed by atoms with Crippen molar-refractivity contribution in [2.45, 2.75) is 13.0 Å². The molecule has 8 nitrogen and oxygen atoms in total. The number of ether oxygens (including phenoxy) is 1. The van der Waals surface area contributed by atoms with Crippen LogP contribution in [0.5, 0.6) is 0 Å². The quantitative estimate of drug-likeness (QED) is 0.573. The number of hydrogen-bond acceptors (Lipinski definition) is 7. The predicted octanol–water partition coefficient (Wildman–Crippen LogP) is 1.21. The molecule has 3 aromatic rings. The Bertz CT molecular complexity index is 1360. The van der Waals surface area contributed by atoms with Crippen LogP contribution in [-0.2, 0) is 16.6 Å². The molecule has 0 fully saturated rings. The maximum Gasteiger partial charge on any atom is 0.338 e. The fourth-order valence-corrected chi connectivity index (χ4v) is 4.68. The second-order valence-corrected chi connectivity index (χ2v) is 8.52. The van der Waals surface area contributed by atoms with Gasteiger partial charge in [0.2, 0.25) is 0 Å². The van der Waals surface area contributed by atoms with Crippen molar-refractivity contribution < 1.29 is 9.53 Å². The van der Waals surface area contributed by atoms with E-state index in [2.05, 4.69) is 10.1 Å². The van der Waals surface area contributed by atoms with Crippen molar-refractivity contribution in [1.29, 1.82) is 0 Å². The number of hydrogen-bond donors (Lipinski definition) is 0. The minimum absolute atomic E-state index is 0.205. The molecule has 0 spiro atoms. The van der Waals surface area contributed by atoms with Crippen LogP contribution in [0.15, 0.2) is 57.7 Å². The van der Waals surface area contributed by atoms with Crippen molar-refractivity contribution in [3.05, 3.63) is 78.7 Å². The van der Waals surface area contributed by atoms with Crippen LogP contribution in [0.3, 0.4) is 0 Å². The van der Waals surface area contributed by atoms with Gasteiger partial charge >= 0.3 is 5.97 Å². The van der Waals surface area contributed by atoms with E-state index in [-0.39, 0.29) is 5.56 Å². The van der Waals surface area contributed by atoms with Crippen LogP contribution >= 0.6 is 11.3 Å². The summed E-state index contributed by atoms with van der Waals surface area (Å²) in [7, 11) is 7.07. The molecule has 31 heavy (non-hydrogen) atoms. The van der Waals surface area contributed by atoms with Gasteiger partial charge in [-0.1, -0.05) is 23.5 Å². The highest BCUT2D eigenvalue weighted by Gasteiger charge is 2.33. The van der Waals surface area contributed by atoms with Crippen LogP contribution in [0.4, 0.5) is 5.69 Å². The summed E-state index contributed by atoms with van der Waals surface area (Å²) >= 11 is 1.29. The third-order valence-electron chi connectivity index (χ3n) is 5.17. The van der Waals surface area contributed by atoms with E-state index in [9.17, 15) is 9.59 Å². The predicted molar refractivity (Wildman–Crippen MR) is 120 cm³/mol. The number of aryl methyl sites for hydroxylation is 1. The highest BCUT2D eigenvalue weighted by atomic mass is 32.1. The van der Waals surface area contributed by atoms with Gasteiger partial charge in [-0.05, 0) is 30.7 Å². The zero-order valence-electron chi connectivity index (χ0n) is 18.0. The molecule has 0 amide bonds. The Labute approximate surface area is 183 Å². The van der Waals surface area contributed by atoms with Crippen molar-refractivity contribution in [1.82, 2.24) is 14.3 Å². The lowest BCUT2D eigenvalue weighted by atomic mass is 9.95. The van der Waals surface area contributed by atoms with Gasteiger partial charge in [0.1, 0.15) is 0 Å². The number of carbonyl (C=O) groups is 1. The highest BCUT2D eigenvalue weighted by Crippen LogP contribution is 2.31. The molecule has 160 valence electrons. The van der Waals surface area contributed by atoms with Crippen molar-refractivity contribution in [3.63, 3.8) is 0 Å². The molecule has 0 saturated heterocycles. The zero-order chi connectivity index (χ0) is 22.3. The summed E-state index contributed by atoms with van der Waals surface area (Å²) in [6.45, 7) is 1.77. The molecule has 0 aliphatic carbocycles. The van der Waals surface area contributed by atoms with Gasteiger partial charge in [-0.2, -0.15) is 5.10 Å². The number of nitrogens with zero attached hydrogens (tertiary/aromatic N) is 5. The van der Waals surface area contributed by atoms with Crippen molar-refractivity contribution in [2.75, 3.05) is 26.1 Å². The number of allylic oxidation sites excluding steroid dienone is 1. The van der Waals surface area contributed by atoms with Gasteiger partial charge in [-0.25, -0.2) is 9.79 Å². The molecule has 1 aliphatic heterocycles. The maximum absolute atomic E-state index is 13.4. The van der Waals surface area contributed by atoms with E-state index in [4.69, 9.17) is 4.74 Å². The molecule has 1 atom stereocenters. The molecule has 1 aromatic carbocycles. The minimum atomic E-state index is -0.615. The molecular weight excluding hydrogens is 414 g/mol. The highest BCUT2D eigenvalue weighted by molar-refractivity contribution is 7.07. The van der Waals surface area contributed by atoms with Gasteiger partial charge in [-0.3, -0.25) is 14.0 Å². The van der Waals surface area contributed by atoms with Crippen LogP contribution in [0.2, 0.25) is 0 Å². The summed E-state index contributed by atoms with van der Waals surface area (Å²) in [6.07, 6.45) is 5.32. The molecule has 0 N–H and O–H groups in total. The fraction of sp³-hybridized carbons (Fsp3) is 0.273. The summed E-state index contributed by atoms with van der Waals surface area (Å²) in [4.78, 5) is 33.2. The Kier molecular flexibility index (Phi) is 5.36. The first kappa shape index (κ1) is 20.8. The lowest BCUT2D eigenvalue weighted by Gasteiger charge is -2.25. The van der Waals surface area contributed by atoms with Gasteiger partial charge in [-0.15, -0.1) is 0 Å². The number of benzene rings is 1. The number of fused-ring (bicyclic) bond motifs is 1. The maximum atomic E-state index is 13.4. The molecule has 0 saturated carbocycles. The second kappa shape index (κ2) is 7.99. The van der Waals surface area contributed by atoms with Gasteiger partial charge in [0.15, 0.2) is 4.80 Å². The fourth-order valence-electron chi connectivity index (χ4n) is 3.63. The Morgan fingerprint density at radius 1 is 1.26 bits per heavy atom. The Hall–Kier alpha value is -3.46. The first-order valence-electron chi connectivity index (χ1n) is 9.67. The zero-order valence-corrected chi connectivity index (χ0v) is 18.8. The standard InChI is InChI=1S/C22H23N5O3S/c1-13-18(21(29)30-5)19(15-6-8-16(9-7-15)25(2)3)27-20(28)17(31-22(27)24-13)10-14-11-23-26(4)12-14/h6-12,19H,1-5H3/b17-10+/t19-/m1/s1. The van der Waals surface area contributed by atoms with E-state index in [1.165, 1.54) is 18.4 Å². The molecule has 2 aromatic heterocycles. The third-order valence-corrected chi connectivity index (χ3v) is 6.16. The molecular formula is C22H23N5O3S. The third kappa shape index (κ3) is 3.72. The number of aromatic nitrogens is 3. The topological polar surface area (TPSA) is 81.7 Å². The molecule has 0 bridgehead atoms. The molecule has 0 unspecified atom stereocenters. The van der Waals surface area contributed by atoms with E-state index in [1.807, 2.05) is 56.5 Å². The van der Waals surface area contributed by atoms with Crippen LogP contribution in [0, 0.1) is 0 Å². The van der Waals surface area contributed by atoms with Crippen molar-refractivity contribution in [2.24, 2.45) is 12.0 Å². The summed E-state index contributed by atoms with van der Waals surface area (Å²) < 4.78 is 8.82. The van der Waals surface area contributed by atoms with Gasteiger partial charge in [0, 0.05) is 38.6 Å².